The van der Waals surface area contributed by atoms with E-state index in [1.54, 1.807) is 13.0 Å². The molecule has 0 radical (unpaired) electrons. The lowest BCUT2D eigenvalue weighted by molar-refractivity contribution is -0.274. The minimum absolute atomic E-state index is 0.0374. The van der Waals surface area contributed by atoms with Gasteiger partial charge in [-0.2, -0.15) is 0 Å². The quantitative estimate of drug-likeness (QED) is 0.866. The molecule has 1 amide bonds. The molecule has 1 aromatic rings. The number of likely N-dealkylation sites (tertiary alicyclic amines) is 1. The van der Waals surface area contributed by atoms with Crippen molar-refractivity contribution in [3.05, 3.63) is 29.8 Å². The van der Waals surface area contributed by atoms with Gasteiger partial charge in [0.2, 0.25) is 5.91 Å². The third kappa shape index (κ3) is 3.93. The smallest absolute Gasteiger partial charge is 0.406 e. The fourth-order valence-corrected chi connectivity index (χ4v) is 5.12. The highest BCUT2D eigenvalue weighted by atomic mass is 19.4. The number of hydrogen-bond acceptors (Lipinski definition) is 3. The second kappa shape index (κ2) is 6.12. The van der Waals surface area contributed by atoms with Crippen LogP contribution in [-0.4, -0.2) is 41.0 Å². The molecule has 4 nitrogen and oxygen atoms in total. The van der Waals surface area contributed by atoms with Crippen LogP contribution < -0.4 is 4.74 Å². The van der Waals surface area contributed by atoms with Crippen molar-refractivity contribution in [2.24, 2.45) is 17.3 Å². The van der Waals surface area contributed by atoms with Crippen LogP contribution in [0.1, 0.15) is 38.2 Å². The molecular formula is C20H24F3NO3. The molecule has 0 bridgehead atoms. The molecule has 2 saturated carbocycles. The molecule has 1 spiro atoms. The number of ether oxygens (including phenoxy) is 1. The van der Waals surface area contributed by atoms with Crippen LogP contribution in [0.2, 0.25) is 0 Å². The van der Waals surface area contributed by atoms with Crippen molar-refractivity contribution >= 4 is 5.91 Å². The standard InChI is InChI=1S/C20H24F3NO3/c1-18(26)9-15(10-18)17(25)24-11-19(12-24)7-14(8-19)5-13-3-2-4-16(6-13)27-20(21,22)23/h2-4,6,14-15,26H,5,7-12H2,1H3. The van der Waals surface area contributed by atoms with Crippen LogP contribution in [0.25, 0.3) is 0 Å². The van der Waals surface area contributed by atoms with E-state index in [9.17, 15) is 23.1 Å². The number of rotatable bonds is 4. The monoisotopic (exact) mass is 383 g/mol. The minimum atomic E-state index is -4.67. The Kier molecular flexibility index (Phi) is 4.22. The van der Waals surface area contributed by atoms with E-state index in [2.05, 4.69) is 4.74 Å². The van der Waals surface area contributed by atoms with Gasteiger partial charge in [-0.25, -0.2) is 0 Å². The zero-order valence-corrected chi connectivity index (χ0v) is 15.3. The third-order valence-electron chi connectivity index (χ3n) is 6.19. The van der Waals surface area contributed by atoms with Gasteiger partial charge in [0.05, 0.1) is 5.60 Å². The van der Waals surface area contributed by atoms with Gasteiger partial charge in [0.15, 0.2) is 0 Å². The highest BCUT2D eigenvalue weighted by Crippen LogP contribution is 2.54. The molecule has 0 unspecified atom stereocenters. The Bertz CT molecular complexity index is 724. The fraction of sp³-hybridized carbons (Fsp3) is 0.650. The molecular weight excluding hydrogens is 359 g/mol. The maximum atomic E-state index is 12.4. The van der Waals surface area contributed by atoms with Crippen molar-refractivity contribution in [2.45, 2.75) is 51.0 Å². The van der Waals surface area contributed by atoms with Gasteiger partial charge in [-0.1, -0.05) is 12.1 Å². The van der Waals surface area contributed by atoms with Gasteiger partial charge in [0.25, 0.3) is 0 Å². The minimum Gasteiger partial charge on any atom is -0.406 e. The highest BCUT2D eigenvalue weighted by molar-refractivity contribution is 5.81. The first-order valence-electron chi connectivity index (χ1n) is 9.39. The summed E-state index contributed by atoms with van der Waals surface area (Å²) in [5, 5.41) is 9.78. The van der Waals surface area contributed by atoms with Crippen molar-refractivity contribution in [1.29, 1.82) is 0 Å². The Morgan fingerprint density at radius 2 is 1.93 bits per heavy atom. The Morgan fingerprint density at radius 1 is 1.26 bits per heavy atom. The first-order chi connectivity index (χ1) is 12.5. The highest BCUT2D eigenvalue weighted by Gasteiger charge is 2.55. The zero-order chi connectivity index (χ0) is 19.4. The number of carbonyl (C=O) groups is 1. The number of hydrogen-bond donors (Lipinski definition) is 1. The van der Waals surface area contributed by atoms with Crippen LogP contribution in [0, 0.1) is 17.3 Å². The molecule has 27 heavy (non-hydrogen) atoms. The fourth-order valence-electron chi connectivity index (χ4n) is 5.12. The SMILES string of the molecule is CC1(O)CC(C(=O)N2CC3(CC(Cc4cccc(OC(F)(F)F)c4)C3)C2)C1. The number of carbonyl (C=O) groups excluding carboxylic acids is 1. The van der Waals surface area contributed by atoms with E-state index in [4.69, 9.17) is 0 Å². The maximum Gasteiger partial charge on any atom is 0.573 e. The molecule has 2 aliphatic carbocycles. The first kappa shape index (κ1) is 18.6. The summed E-state index contributed by atoms with van der Waals surface area (Å²) in [6.07, 6.45) is -0.832. The molecule has 0 atom stereocenters. The third-order valence-corrected chi connectivity index (χ3v) is 6.19. The molecule has 148 valence electrons. The van der Waals surface area contributed by atoms with Crippen LogP contribution in [0.5, 0.6) is 5.75 Å². The lowest BCUT2D eigenvalue weighted by atomic mass is 9.56. The first-order valence-corrected chi connectivity index (χ1v) is 9.39. The van der Waals surface area contributed by atoms with Crippen molar-refractivity contribution in [2.75, 3.05) is 13.1 Å². The molecule has 3 fully saturated rings. The van der Waals surface area contributed by atoms with E-state index < -0.39 is 12.0 Å². The average Bonchev–Trinajstić information content (AvgIpc) is 2.43. The molecule has 7 heteroatoms. The summed E-state index contributed by atoms with van der Waals surface area (Å²) in [7, 11) is 0. The lowest BCUT2D eigenvalue weighted by Gasteiger charge is -2.60. The Morgan fingerprint density at radius 3 is 2.52 bits per heavy atom. The van der Waals surface area contributed by atoms with E-state index in [-0.39, 0.29) is 23.0 Å². The second-order valence-electron chi connectivity index (χ2n) is 8.97. The van der Waals surface area contributed by atoms with Gasteiger partial charge in [0.1, 0.15) is 5.75 Å². The molecule has 1 saturated heterocycles. The molecule has 3 aliphatic rings. The molecule has 1 heterocycles. The van der Waals surface area contributed by atoms with Crippen LogP contribution in [0.15, 0.2) is 24.3 Å². The zero-order valence-electron chi connectivity index (χ0n) is 15.3. The molecule has 1 aromatic carbocycles. The maximum absolute atomic E-state index is 12.4. The van der Waals surface area contributed by atoms with E-state index >= 15 is 0 Å². The van der Waals surface area contributed by atoms with Gasteiger partial charge >= 0.3 is 6.36 Å². The summed E-state index contributed by atoms with van der Waals surface area (Å²) in [5.41, 5.74) is 0.363. The normalized spacial score (nSPS) is 29.7. The number of alkyl halides is 3. The van der Waals surface area contributed by atoms with Crippen molar-refractivity contribution in [3.8, 4) is 5.75 Å². The van der Waals surface area contributed by atoms with Crippen molar-refractivity contribution in [1.82, 2.24) is 4.90 Å². The van der Waals surface area contributed by atoms with E-state index in [1.807, 2.05) is 11.0 Å². The Balaban J connectivity index is 1.23. The largest absolute Gasteiger partial charge is 0.573 e. The van der Waals surface area contributed by atoms with Crippen molar-refractivity contribution < 1.29 is 27.8 Å². The van der Waals surface area contributed by atoms with Gasteiger partial charge in [-0.05, 0) is 62.6 Å². The number of benzene rings is 1. The number of nitrogens with zero attached hydrogens (tertiary/aromatic N) is 1. The summed E-state index contributed by atoms with van der Waals surface area (Å²) in [4.78, 5) is 14.3. The molecule has 0 aromatic heterocycles. The topological polar surface area (TPSA) is 49.8 Å². The van der Waals surface area contributed by atoms with E-state index in [1.165, 1.54) is 12.1 Å². The number of amides is 1. The van der Waals surface area contributed by atoms with Gasteiger partial charge in [-0.15, -0.1) is 13.2 Å². The van der Waals surface area contributed by atoms with E-state index in [0.717, 1.165) is 37.9 Å². The molecule has 1 aliphatic heterocycles. The van der Waals surface area contributed by atoms with Crippen LogP contribution >= 0.6 is 0 Å². The second-order valence-corrected chi connectivity index (χ2v) is 8.97. The van der Waals surface area contributed by atoms with Crippen molar-refractivity contribution in [3.63, 3.8) is 0 Å². The summed E-state index contributed by atoms with van der Waals surface area (Å²) in [6.45, 7) is 3.32. The Hall–Kier alpha value is -1.76. The predicted octanol–water partition coefficient (Wildman–Crippen LogP) is 3.53. The lowest BCUT2D eigenvalue weighted by Crippen LogP contribution is -2.66. The summed E-state index contributed by atoms with van der Waals surface area (Å²) in [6, 6.07) is 6.18. The Labute approximate surface area is 156 Å². The predicted molar refractivity (Wildman–Crippen MR) is 91.9 cm³/mol. The number of aliphatic hydroxyl groups is 1. The average molecular weight is 383 g/mol. The van der Waals surface area contributed by atoms with Gasteiger partial charge < -0.3 is 14.7 Å². The van der Waals surface area contributed by atoms with E-state index in [0.29, 0.717) is 18.8 Å². The summed E-state index contributed by atoms with van der Waals surface area (Å²) < 4.78 is 41.0. The molecule has 4 rings (SSSR count). The summed E-state index contributed by atoms with van der Waals surface area (Å²) >= 11 is 0. The van der Waals surface area contributed by atoms with Crippen LogP contribution in [0.3, 0.4) is 0 Å². The van der Waals surface area contributed by atoms with Crippen LogP contribution in [-0.2, 0) is 11.2 Å². The van der Waals surface area contributed by atoms with Gasteiger partial charge in [0, 0.05) is 24.4 Å². The van der Waals surface area contributed by atoms with Crippen LogP contribution in [0.4, 0.5) is 13.2 Å². The molecule has 1 N–H and O–H groups in total. The van der Waals surface area contributed by atoms with Gasteiger partial charge in [-0.3, -0.25) is 4.79 Å². The number of halogens is 3. The summed E-state index contributed by atoms with van der Waals surface area (Å²) in [5.74, 6) is 0.385.